The van der Waals surface area contributed by atoms with Gasteiger partial charge in [-0.15, -0.1) is 0 Å². The van der Waals surface area contributed by atoms with Crippen molar-refractivity contribution >= 4 is 11.8 Å². The van der Waals surface area contributed by atoms with Gasteiger partial charge in [0.2, 0.25) is 0 Å². The number of ether oxygens (including phenoxy) is 2. The fourth-order valence-electron chi connectivity index (χ4n) is 3.06. The molecule has 3 N–H and O–H groups in total. The van der Waals surface area contributed by atoms with Gasteiger partial charge in [-0.1, -0.05) is 24.3 Å². The van der Waals surface area contributed by atoms with Gasteiger partial charge in [-0.3, -0.25) is 9.94 Å². The number of carbonyl (C=O) groups excluding carboxylic acids is 1. The van der Waals surface area contributed by atoms with E-state index in [9.17, 15) is 4.79 Å². The first-order valence-corrected chi connectivity index (χ1v) is 10.1. The van der Waals surface area contributed by atoms with Crippen LogP contribution in [0.3, 0.4) is 0 Å². The third-order valence-electron chi connectivity index (χ3n) is 4.83. The Balaban J connectivity index is 1.46. The number of aromatic amines is 1. The summed E-state index contributed by atoms with van der Waals surface area (Å²) in [5, 5.41) is 7.78. The lowest BCUT2D eigenvalue weighted by atomic mass is 10.1. The van der Waals surface area contributed by atoms with E-state index < -0.39 is 12.1 Å². The summed E-state index contributed by atoms with van der Waals surface area (Å²) in [4.78, 5) is 22.6. The molecule has 0 radical (unpaired) electrons. The number of hydrogen-bond acceptors (Lipinski definition) is 8. The number of H-pyrrole nitrogens is 1. The molecule has 0 aliphatic heterocycles. The van der Waals surface area contributed by atoms with Gasteiger partial charge in [0.25, 0.3) is 0 Å². The van der Waals surface area contributed by atoms with Crippen LogP contribution in [-0.2, 0) is 16.2 Å². The first-order chi connectivity index (χ1) is 16.1. The van der Waals surface area contributed by atoms with Crippen molar-refractivity contribution in [3.05, 3.63) is 84.8 Å². The number of aromatic nitrogens is 3. The molecule has 0 saturated heterocycles. The van der Waals surface area contributed by atoms with E-state index in [2.05, 4.69) is 15.2 Å². The van der Waals surface area contributed by atoms with Crippen LogP contribution in [0.5, 0.6) is 5.75 Å². The molecule has 0 spiro atoms. The van der Waals surface area contributed by atoms with Crippen molar-refractivity contribution in [2.75, 3.05) is 18.8 Å². The number of methoxy groups -OCH3 is 1. The average molecular weight is 449 g/mol. The maximum absolute atomic E-state index is 12.9. The van der Waals surface area contributed by atoms with Gasteiger partial charge >= 0.3 is 6.09 Å². The van der Waals surface area contributed by atoms with Gasteiger partial charge < -0.3 is 19.6 Å². The van der Waals surface area contributed by atoms with Gasteiger partial charge in [-0.25, -0.2) is 9.78 Å². The number of anilines is 1. The number of nitrogens with zero attached hydrogens (tertiary/aromatic N) is 3. The first kappa shape index (κ1) is 22.1. The van der Waals surface area contributed by atoms with Gasteiger partial charge in [0.05, 0.1) is 25.0 Å². The van der Waals surface area contributed by atoms with Crippen molar-refractivity contribution in [2.45, 2.75) is 12.6 Å². The van der Waals surface area contributed by atoms with E-state index in [1.165, 1.54) is 12.7 Å². The molecular weight excluding hydrogens is 426 g/mol. The molecule has 0 fully saturated rings. The van der Waals surface area contributed by atoms with E-state index in [1.54, 1.807) is 37.7 Å². The Morgan fingerprint density at radius 2 is 2.06 bits per heavy atom. The van der Waals surface area contributed by atoms with E-state index in [0.29, 0.717) is 17.1 Å². The third-order valence-corrected chi connectivity index (χ3v) is 4.83. The lowest BCUT2D eigenvalue weighted by Crippen LogP contribution is -2.33. The summed E-state index contributed by atoms with van der Waals surface area (Å²) in [6.07, 6.45) is 5.50. The monoisotopic (exact) mass is 449 g/mol. The van der Waals surface area contributed by atoms with Gasteiger partial charge in [0.15, 0.2) is 6.39 Å². The highest BCUT2D eigenvalue weighted by Gasteiger charge is 2.21. The van der Waals surface area contributed by atoms with Crippen LogP contribution in [-0.4, -0.2) is 35.0 Å². The molecule has 10 nitrogen and oxygen atoms in total. The maximum atomic E-state index is 12.9. The standard InChI is InChI=1S/C23H23N5O5/c1-30-21-4-2-3-17(9-21)22(24)14-32-23(29)28(33-13-19-12-31-15-25-19)20-7-5-16(6-8-20)18-10-26-27-11-18/h2-12,15,22H,13-14,24H2,1H3,(H,26,27). The second-order valence-electron chi connectivity index (χ2n) is 7.04. The van der Waals surface area contributed by atoms with Crippen molar-refractivity contribution in [3.8, 4) is 16.9 Å². The topological polar surface area (TPSA) is 129 Å². The molecule has 170 valence electrons. The summed E-state index contributed by atoms with van der Waals surface area (Å²) in [6.45, 7) is -0.0417. The predicted octanol–water partition coefficient (Wildman–Crippen LogP) is 3.85. The Hall–Kier alpha value is -4.15. The van der Waals surface area contributed by atoms with E-state index in [-0.39, 0.29) is 13.2 Å². The smallest absolute Gasteiger partial charge is 0.438 e. The van der Waals surface area contributed by atoms with Crippen molar-refractivity contribution < 1.29 is 23.5 Å². The van der Waals surface area contributed by atoms with E-state index in [0.717, 1.165) is 21.8 Å². The number of oxazole rings is 1. The third kappa shape index (κ3) is 5.56. The van der Waals surface area contributed by atoms with E-state index >= 15 is 0 Å². The Morgan fingerprint density at radius 3 is 2.76 bits per heavy atom. The van der Waals surface area contributed by atoms with Crippen LogP contribution in [0.1, 0.15) is 17.3 Å². The number of benzene rings is 2. The molecule has 1 atom stereocenters. The van der Waals surface area contributed by atoms with Crippen LogP contribution >= 0.6 is 0 Å². The van der Waals surface area contributed by atoms with Crippen LogP contribution in [0.2, 0.25) is 0 Å². The minimum Gasteiger partial charge on any atom is -0.497 e. The Morgan fingerprint density at radius 1 is 1.21 bits per heavy atom. The Labute approximate surface area is 189 Å². The molecule has 0 saturated carbocycles. The van der Waals surface area contributed by atoms with E-state index in [4.69, 9.17) is 24.5 Å². The van der Waals surface area contributed by atoms with Gasteiger partial charge in [-0.2, -0.15) is 10.2 Å². The molecule has 33 heavy (non-hydrogen) atoms. The van der Waals surface area contributed by atoms with Crippen LogP contribution in [0.4, 0.5) is 10.5 Å². The zero-order valence-electron chi connectivity index (χ0n) is 17.9. The molecule has 2 aromatic heterocycles. The lowest BCUT2D eigenvalue weighted by molar-refractivity contribution is 0.0633. The number of hydrogen-bond donors (Lipinski definition) is 2. The van der Waals surface area contributed by atoms with Crippen molar-refractivity contribution in [1.29, 1.82) is 0 Å². The second kappa shape index (κ2) is 10.4. The molecule has 4 rings (SSSR count). The number of amides is 1. The van der Waals surface area contributed by atoms with Crippen molar-refractivity contribution in [2.24, 2.45) is 5.73 Å². The largest absolute Gasteiger partial charge is 0.497 e. The first-order valence-electron chi connectivity index (χ1n) is 10.1. The molecule has 2 heterocycles. The minimum absolute atomic E-state index is 0.0109. The summed E-state index contributed by atoms with van der Waals surface area (Å²) in [6, 6.07) is 13.9. The number of carbonyl (C=O) groups is 1. The molecule has 2 aromatic carbocycles. The number of nitrogens with one attached hydrogen (secondary N) is 1. The molecule has 0 aliphatic carbocycles. The highest BCUT2D eigenvalue weighted by Crippen LogP contribution is 2.24. The summed E-state index contributed by atoms with van der Waals surface area (Å²) >= 11 is 0. The van der Waals surface area contributed by atoms with E-state index in [1.807, 2.05) is 30.3 Å². The zero-order valence-corrected chi connectivity index (χ0v) is 17.9. The highest BCUT2D eigenvalue weighted by atomic mass is 16.7. The normalized spacial score (nSPS) is 11.7. The van der Waals surface area contributed by atoms with Crippen molar-refractivity contribution in [1.82, 2.24) is 15.2 Å². The SMILES string of the molecule is COc1cccc(C(N)COC(=O)N(OCc2cocn2)c2ccc(-c3cn[nH]c3)cc2)c1. The number of rotatable bonds is 9. The summed E-state index contributed by atoms with van der Waals surface area (Å²) < 4.78 is 15.6. The van der Waals surface area contributed by atoms with Crippen LogP contribution in [0.25, 0.3) is 11.1 Å². The highest BCUT2D eigenvalue weighted by molar-refractivity contribution is 5.85. The molecule has 0 aliphatic rings. The molecule has 1 unspecified atom stereocenters. The van der Waals surface area contributed by atoms with Crippen LogP contribution < -0.4 is 15.5 Å². The summed E-state index contributed by atoms with van der Waals surface area (Å²) in [7, 11) is 1.58. The van der Waals surface area contributed by atoms with Crippen molar-refractivity contribution in [3.63, 3.8) is 0 Å². The van der Waals surface area contributed by atoms with Gasteiger partial charge in [0, 0.05) is 11.8 Å². The molecule has 10 heteroatoms. The van der Waals surface area contributed by atoms with Crippen LogP contribution in [0, 0.1) is 0 Å². The maximum Gasteiger partial charge on any atom is 0.438 e. The summed E-state index contributed by atoms with van der Waals surface area (Å²) in [5.74, 6) is 0.671. The Kier molecular flexibility index (Phi) is 6.98. The van der Waals surface area contributed by atoms with Gasteiger partial charge in [-0.05, 0) is 35.4 Å². The fraction of sp³-hybridized carbons (Fsp3) is 0.174. The molecule has 0 bridgehead atoms. The van der Waals surface area contributed by atoms with Gasteiger partial charge in [0.1, 0.15) is 30.9 Å². The quantitative estimate of drug-likeness (QED) is 0.369. The molecule has 1 amide bonds. The second-order valence-corrected chi connectivity index (χ2v) is 7.04. The predicted molar refractivity (Wildman–Crippen MR) is 119 cm³/mol. The zero-order chi connectivity index (χ0) is 23.0. The van der Waals surface area contributed by atoms with Crippen LogP contribution in [0.15, 0.2) is 78.0 Å². The lowest BCUT2D eigenvalue weighted by Gasteiger charge is -2.22. The molecule has 4 aromatic rings. The summed E-state index contributed by atoms with van der Waals surface area (Å²) in [5.41, 5.74) is 9.84. The average Bonchev–Trinajstić information content (AvgIpc) is 3.58. The number of hydroxylamine groups is 1. The molecular formula is C23H23N5O5. The number of nitrogens with two attached hydrogens (primary N) is 1. The minimum atomic E-state index is -0.715. The Bertz CT molecular complexity index is 1150. The fourth-order valence-corrected chi connectivity index (χ4v) is 3.06.